The highest BCUT2D eigenvalue weighted by Gasteiger charge is 2.31. The summed E-state index contributed by atoms with van der Waals surface area (Å²) in [6, 6.07) is 17.1. The van der Waals surface area contributed by atoms with Gasteiger partial charge in [0.1, 0.15) is 11.4 Å². The van der Waals surface area contributed by atoms with Gasteiger partial charge in [-0.25, -0.2) is 21.8 Å². The number of carbonyl (C=O) groups is 1. The Labute approximate surface area is 213 Å². The maximum Gasteiger partial charge on any atom is 0.270 e. The Morgan fingerprint density at radius 3 is 2.62 bits per heavy atom. The molecule has 1 saturated heterocycles. The van der Waals surface area contributed by atoms with Crippen molar-refractivity contribution in [2.45, 2.75) is 4.90 Å². The molecule has 4 aromatic rings. The summed E-state index contributed by atoms with van der Waals surface area (Å²) in [5.41, 5.74) is 3.16. The van der Waals surface area contributed by atoms with Crippen molar-refractivity contribution in [1.29, 1.82) is 0 Å². The first kappa shape index (κ1) is 23.2. The third-order valence-corrected chi connectivity index (χ3v) is 8.14. The summed E-state index contributed by atoms with van der Waals surface area (Å²) in [6.45, 7) is 1.90. The maximum atomic E-state index is 14.1. The molecule has 2 aliphatic rings. The van der Waals surface area contributed by atoms with Gasteiger partial charge in [-0.05, 0) is 54.6 Å². The van der Waals surface area contributed by atoms with Crippen molar-refractivity contribution in [1.82, 2.24) is 13.9 Å². The van der Waals surface area contributed by atoms with E-state index in [0.29, 0.717) is 43.0 Å². The summed E-state index contributed by atoms with van der Waals surface area (Å²) in [4.78, 5) is 19.3. The molecule has 0 saturated carbocycles. The molecule has 1 aromatic heterocycles. The predicted octanol–water partition coefficient (Wildman–Crippen LogP) is 4.04. The Hall–Kier alpha value is -4.17. The lowest BCUT2D eigenvalue weighted by atomic mass is 9.95. The number of benzene rings is 3. The molecule has 6 rings (SSSR count). The number of carbonyl (C=O) groups excluding carboxylic acids is 1. The summed E-state index contributed by atoms with van der Waals surface area (Å²) in [7, 11) is -4.25. The van der Waals surface area contributed by atoms with Crippen LogP contribution in [0.25, 0.3) is 16.6 Å². The van der Waals surface area contributed by atoms with Crippen LogP contribution in [-0.4, -0.2) is 54.5 Å². The number of halogens is 1. The smallest absolute Gasteiger partial charge is 0.270 e. The van der Waals surface area contributed by atoms with Gasteiger partial charge in [0.05, 0.1) is 40.8 Å². The van der Waals surface area contributed by atoms with Gasteiger partial charge in [-0.15, -0.1) is 0 Å². The van der Waals surface area contributed by atoms with Crippen molar-refractivity contribution in [3.63, 3.8) is 0 Å². The van der Waals surface area contributed by atoms with Gasteiger partial charge in [-0.2, -0.15) is 0 Å². The number of allylic oxidation sites excluding steroid dienone is 2. The van der Waals surface area contributed by atoms with Gasteiger partial charge in [-0.3, -0.25) is 4.79 Å². The van der Waals surface area contributed by atoms with E-state index in [1.54, 1.807) is 35.3 Å². The van der Waals surface area contributed by atoms with Gasteiger partial charge < -0.3 is 9.64 Å². The number of fused-ring (bicyclic) bond motifs is 2. The second-order valence-corrected chi connectivity index (χ2v) is 10.5. The topological polar surface area (TPSA) is 81.5 Å². The van der Waals surface area contributed by atoms with Crippen molar-refractivity contribution >= 4 is 32.5 Å². The number of nitrogens with zero attached hydrogens (tertiary/aromatic N) is 3. The van der Waals surface area contributed by atoms with E-state index in [-0.39, 0.29) is 22.1 Å². The third-order valence-electron chi connectivity index (χ3n) is 6.44. The molecule has 37 heavy (non-hydrogen) atoms. The average molecular weight is 515 g/mol. The lowest BCUT2D eigenvalue weighted by molar-refractivity contribution is 0.0303. The first-order valence-corrected chi connectivity index (χ1v) is 13.2. The van der Waals surface area contributed by atoms with Crippen LogP contribution in [-0.2, 0) is 14.8 Å². The minimum atomic E-state index is -4.25. The Morgan fingerprint density at radius 2 is 1.81 bits per heavy atom. The largest absolute Gasteiger partial charge is 0.378 e. The fourth-order valence-corrected chi connectivity index (χ4v) is 6.13. The van der Waals surface area contributed by atoms with E-state index in [1.165, 1.54) is 18.2 Å². The summed E-state index contributed by atoms with van der Waals surface area (Å²) in [5, 5.41) is 0. The number of amides is 1. The van der Waals surface area contributed by atoms with Gasteiger partial charge in [0, 0.05) is 36.9 Å². The van der Waals surface area contributed by atoms with E-state index in [0.717, 1.165) is 21.2 Å². The molecule has 0 N–H and O–H groups in total. The molecule has 0 unspecified atom stereocenters. The zero-order valence-electron chi connectivity index (χ0n) is 19.6. The molecule has 0 bridgehead atoms. The average Bonchev–Trinajstić information content (AvgIpc) is 3.32. The first-order chi connectivity index (χ1) is 17.9. The van der Waals surface area contributed by atoms with Crippen molar-refractivity contribution in [2.75, 3.05) is 26.3 Å². The fraction of sp³-hybridized carbons (Fsp3) is 0.143. The quantitative estimate of drug-likeness (QED) is 0.384. The van der Waals surface area contributed by atoms with Crippen molar-refractivity contribution < 1.29 is 22.3 Å². The highest BCUT2D eigenvalue weighted by atomic mass is 32.2. The van der Waals surface area contributed by atoms with E-state index >= 15 is 0 Å². The standard InChI is InChI=1S/C28H21FN3O4S/c29-21-7-4-8-22(18-21)37(34,35)32-26-12-11-20(28(33)31-13-15-36-16-14-31)17-25(26)30-27(32)24-10-3-6-19-5-1-2-9-23(19)24/h1-5,7-12,17-18H,13-16H2/q+1. The molecule has 184 valence electrons. The summed E-state index contributed by atoms with van der Waals surface area (Å²) in [6.07, 6.45) is 6.62. The van der Waals surface area contributed by atoms with Crippen LogP contribution in [0.2, 0.25) is 0 Å². The number of ether oxygens (including phenoxy) is 1. The summed E-state index contributed by atoms with van der Waals surface area (Å²) < 4.78 is 48.4. The van der Waals surface area contributed by atoms with Gasteiger partial charge >= 0.3 is 0 Å². The number of hydrogen-bond donors (Lipinski definition) is 0. The highest BCUT2D eigenvalue weighted by Crippen LogP contribution is 2.34. The first-order valence-electron chi connectivity index (χ1n) is 11.7. The lowest BCUT2D eigenvalue weighted by Crippen LogP contribution is -2.40. The van der Waals surface area contributed by atoms with E-state index in [1.807, 2.05) is 24.3 Å². The number of rotatable bonds is 4. The molecule has 0 radical (unpaired) electrons. The van der Waals surface area contributed by atoms with Crippen LogP contribution >= 0.6 is 0 Å². The van der Waals surface area contributed by atoms with E-state index in [2.05, 4.69) is 6.08 Å². The van der Waals surface area contributed by atoms with Gasteiger partial charge in [0.25, 0.3) is 15.9 Å². The molecule has 3 aromatic carbocycles. The van der Waals surface area contributed by atoms with Gasteiger partial charge in [0.2, 0.25) is 0 Å². The SMILES string of the molecule is O=C(c1ccc2c(c1)nc(C1=CC=[C+]c3ccccc31)n2S(=O)(=O)c1cccc(F)c1)N1CCOCC1. The molecule has 1 aliphatic carbocycles. The Kier molecular flexibility index (Phi) is 5.68. The Bertz CT molecular complexity index is 1720. The highest BCUT2D eigenvalue weighted by molar-refractivity contribution is 7.90. The summed E-state index contributed by atoms with van der Waals surface area (Å²) in [5.74, 6) is -0.667. The van der Waals surface area contributed by atoms with Crippen LogP contribution < -0.4 is 0 Å². The molecule has 2 heterocycles. The normalized spacial score (nSPS) is 15.3. The molecule has 7 nitrogen and oxygen atoms in total. The maximum absolute atomic E-state index is 14.1. The van der Waals surface area contributed by atoms with Crippen LogP contribution in [0.15, 0.2) is 83.8 Å². The molecule has 0 atom stereocenters. The lowest BCUT2D eigenvalue weighted by Gasteiger charge is -2.26. The van der Waals surface area contributed by atoms with E-state index in [4.69, 9.17) is 9.72 Å². The van der Waals surface area contributed by atoms with Crippen LogP contribution in [0.4, 0.5) is 4.39 Å². The predicted molar refractivity (Wildman–Crippen MR) is 136 cm³/mol. The number of imidazole rings is 1. The molecular formula is C28H21FN3O4S+. The monoisotopic (exact) mass is 514 g/mol. The molecule has 1 amide bonds. The zero-order valence-corrected chi connectivity index (χ0v) is 20.4. The van der Waals surface area contributed by atoms with Crippen molar-refractivity contribution in [3.05, 3.63) is 113 Å². The van der Waals surface area contributed by atoms with Crippen molar-refractivity contribution in [2.24, 2.45) is 0 Å². The molecular weight excluding hydrogens is 493 g/mol. The van der Waals surface area contributed by atoms with E-state index in [9.17, 15) is 17.6 Å². The van der Waals surface area contributed by atoms with Crippen LogP contribution in [0.1, 0.15) is 27.3 Å². The Morgan fingerprint density at radius 1 is 1.00 bits per heavy atom. The van der Waals surface area contributed by atoms with Crippen LogP contribution in [0.5, 0.6) is 0 Å². The number of hydrogen-bond acceptors (Lipinski definition) is 5. The molecule has 9 heteroatoms. The molecule has 1 aliphatic heterocycles. The summed E-state index contributed by atoms with van der Waals surface area (Å²) >= 11 is 0. The fourth-order valence-electron chi connectivity index (χ4n) is 4.63. The second kappa shape index (κ2) is 9.05. The Balaban J connectivity index is 1.57. The van der Waals surface area contributed by atoms with Gasteiger partial charge in [-0.1, -0.05) is 6.07 Å². The van der Waals surface area contributed by atoms with Crippen molar-refractivity contribution in [3.8, 4) is 0 Å². The van der Waals surface area contributed by atoms with Crippen LogP contribution in [0, 0.1) is 11.9 Å². The molecule has 0 spiro atoms. The minimum absolute atomic E-state index is 0.167. The molecule has 1 fully saturated rings. The van der Waals surface area contributed by atoms with Gasteiger partial charge in [0.15, 0.2) is 11.4 Å². The minimum Gasteiger partial charge on any atom is -0.378 e. The number of aromatic nitrogens is 2. The second-order valence-electron chi connectivity index (χ2n) is 8.71. The van der Waals surface area contributed by atoms with Crippen LogP contribution in [0.3, 0.4) is 0 Å². The number of morpholine rings is 1. The third kappa shape index (κ3) is 4.03. The zero-order chi connectivity index (χ0) is 25.6. The van der Waals surface area contributed by atoms with E-state index < -0.39 is 15.8 Å².